The van der Waals surface area contributed by atoms with Crippen LogP contribution in [0.1, 0.15) is 15.9 Å². The lowest BCUT2D eigenvalue weighted by molar-refractivity contribution is 0.101. The summed E-state index contributed by atoms with van der Waals surface area (Å²) in [6.45, 7) is 0. The van der Waals surface area contributed by atoms with E-state index in [0.29, 0.717) is 11.3 Å². The molecule has 112 valence electrons. The van der Waals surface area contributed by atoms with Crippen LogP contribution in [0.4, 0.5) is 0 Å². The average Bonchev–Trinajstić information content (AvgIpc) is 2.79. The van der Waals surface area contributed by atoms with Crippen LogP contribution in [0.25, 0.3) is 6.08 Å². The summed E-state index contributed by atoms with van der Waals surface area (Å²) in [7, 11) is 1.44. The van der Waals surface area contributed by atoms with Crippen LogP contribution < -0.4 is 9.47 Å². The Kier molecular flexibility index (Phi) is 3.14. The fourth-order valence-electron chi connectivity index (χ4n) is 2.17. The molecule has 3 rings (SSSR count). The molecule has 0 spiro atoms. The number of hydrogen-bond acceptors (Lipinski definition) is 6. The van der Waals surface area contributed by atoms with Crippen molar-refractivity contribution in [3.8, 4) is 28.7 Å². The molecule has 0 fully saturated rings. The Hall–Kier alpha value is -3.15. The highest BCUT2D eigenvalue weighted by Gasteiger charge is 2.31. The summed E-state index contributed by atoms with van der Waals surface area (Å²) in [5.41, 5.74) is 0.535. The molecule has 1 heterocycles. The molecular formula is C16H12O6. The molecule has 22 heavy (non-hydrogen) atoms. The fourth-order valence-corrected chi connectivity index (χ4v) is 2.17. The summed E-state index contributed by atoms with van der Waals surface area (Å²) in [6, 6.07) is 6.94. The number of ether oxygens (including phenoxy) is 2. The van der Waals surface area contributed by atoms with Crippen molar-refractivity contribution >= 4 is 11.9 Å². The van der Waals surface area contributed by atoms with Crippen LogP contribution in [-0.2, 0) is 0 Å². The maximum atomic E-state index is 12.3. The summed E-state index contributed by atoms with van der Waals surface area (Å²) in [6.07, 6.45) is 1.41. The number of Topliss-reactive ketones (excluding diaryl/α,β-unsaturated/α-hetero) is 1. The normalized spacial score (nSPS) is 14.8. The Morgan fingerprint density at radius 1 is 1.05 bits per heavy atom. The molecule has 1 aliphatic heterocycles. The summed E-state index contributed by atoms with van der Waals surface area (Å²) in [5, 5.41) is 28.6. The Balaban J connectivity index is 2.01. The van der Waals surface area contributed by atoms with Gasteiger partial charge in [0.15, 0.2) is 17.3 Å². The van der Waals surface area contributed by atoms with Gasteiger partial charge in [-0.15, -0.1) is 0 Å². The second-order valence-electron chi connectivity index (χ2n) is 4.71. The van der Waals surface area contributed by atoms with E-state index < -0.39 is 5.78 Å². The molecule has 0 radical (unpaired) electrons. The van der Waals surface area contributed by atoms with Gasteiger partial charge in [0, 0.05) is 12.1 Å². The van der Waals surface area contributed by atoms with Gasteiger partial charge in [0.2, 0.25) is 5.78 Å². The van der Waals surface area contributed by atoms with Crippen LogP contribution in [0, 0.1) is 0 Å². The van der Waals surface area contributed by atoms with Crippen molar-refractivity contribution in [2.45, 2.75) is 0 Å². The molecule has 2 aromatic carbocycles. The highest BCUT2D eigenvalue weighted by Crippen LogP contribution is 2.41. The van der Waals surface area contributed by atoms with Crippen LogP contribution in [0.5, 0.6) is 28.7 Å². The third-order valence-electron chi connectivity index (χ3n) is 3.26. The van der Waals surface area contributed by atoms with Crippen molar-refractivity contribution in [3.63, 3.8) is 0 Å². The average molecular weight is 300 g/mol. The lowest BCUT2D eigenvalue weighted by Gasteiger charge is -2.03. The number of hydrogen-bond donors (Lipinski definition) is 3. The highest BCUT2D eigenvalue weighted by molar-refractivity contribution is 6.16. The number of phenols is 3. The van der Waals surface area contributed by atoms with E-state index in [1.54, 1.807) is 0 Å². The number of phenolic OH excluding ortho intramolecular Hbond substituents is 3. The number of aromatic hydroxyl groups is 3. The van der Waals surface area contributed by atoms with E-state index in [-0.39, 0.29) is 34.3 Å². The quantitative estimate of drug-likeness (QED) is 0.582. The number of allylic oxidation sites excluding steroid dienone is 1. The predicted octanol–water partition coefficient (Wildman–Crippen LogP) is 2.43. The third-order valence-corrected chi connectivity index (χ3v) is 3.26. The van der Waals surface area contributed by atoms with Crippen molar-refractivity contribution in [3.05, 3.63) is 47.2 Å². The topological polar surface area (TPSA) is 96.2 Å². The maximum Gasteiger partial charge on any atom is 0.235 e. The minimum atomic E-state index is -0.470. The number of methoxy groups -OCH3 is 1. The van der Waals surface area contributed by atoms with Gasteiger partial charge in [-0.2, -0.15) is 0 Å². The van der Waals surface area contributed by atoms with Gasteiger partial charge < -0.3 is 24.8 Å². The number of ketones is 1. The highest BCUT2D eigenvalue weighted by atomic mass is 16.5. The van der Waals surface area contributed by atoms with E-state index in [4.69, 9.17) is 9.47 Å². The van der Waals surface area contributed by atoms with Crippen molar-refractivity contribution in [2.24, 2.45) is 0 Å². The van der Waals surface area contributed by atoms with Crippen molar-refractivity contribution < 1.29 is 29.6 Å². The fraction of sp³-hybridized carbons (Fsp3) is 0.0625. The van der Waals surface area contributed by atoms with E-state index in [0.717, 1.165) is 0 Å². The summed E-state index contributed by atoms with van der Waals surface area (Å²) < 4.78 is 10.5. The van der Waals surface area contributed by atoms with Gasteiger partial charge in [0.05, 0.1) is 7.11 Å². The zero-order valence-electron chi connectivity index (χ0n) is 11.5. The molecule has 0 amide bonds. The summed E-state index contributed by atoms with van der Waals surface area (Å²) >= 11 is 0. The number of carbonyl (C=O) groups excluding carboxylic acids is 1. The molecule has 0 saturated heterocycles. The van der Waals surface area contributed by atoms with Crippen molar-refractivity contribution in [1.29, 1.82) is 0 Å². The second kappa shape index (κ2) is 5.00. The first-order valence-electron chi connectivity index (χ1n) is 6.37. The lowest BCUT2D eigenvalue weighted by Crippen LogP contribution is -1.98. The molecule has 0 bridgehead atoms. The molecule has 6 heteroatoms. The van der Waals surface area contributed by atoms with Gasteiger partial charge in [-0.1, -0.05) is 6.07 Å². The molecule has 0 aliphatic carbocycles. The number of rotatable bonds is 2. The van der Waals surface area contributed by atoms with Gasteiger partial charge in [-0.05, 0) is 23.8 Å². The van der Waals surface area contributed by atoms with E-state index in [9.17, 15) is 20.1 Å². The van der Waals surface area contributed by atoms with E-state index in [1.165, 1.54) is 43.5 Å². The molecule has 6 nitrogen and oxygen atoms in total. The number of carbonyl (C=O) groups is 1. The Bertz CT molecular complexity index is 807. The van der Waals surface area contributed by atoms with Crippen LogP contribution >= 0.6 is 0 Å². The van der Waals surface area contributed by atoms with E-state index in [2.05, 4.69) is 0 Å². The van der Waals surface area contributed by atoms with Crippen LogP contribution in [0.15, 0.2) is 36.1 Å². The SMILES string of the molecule is COc1cc(O)c2c(c1)OC(=Cc1ccc(O)c(O)c1)C2=O. The third kappa shape index (κ3) is 2.20. The first-order chi connectivity index (χ1) is 10.5. The Labute approximate surface area is 125 Å². The Morgan fingerprint density at radius 2 is 1.82 bits per heavy atom. The number of benzene rings is 2. The summed E-state index contributed by atoms with van der Waals surface area (Å²) in [4.78, 5) is 12.3. The zero-order chi connectivity index (χ0) is 15.9. The van der Waals surface area contributed by atoms with Gasteiger partial charge in [0.1, 0.15) is 22.8 Å². The molecule has 0 atom stereocenters. The van der Waals surface area contributed by atoms with Crippen molar-refractivity contribution in [2.75, 3.05) is 7.11 Å². The predicted molar refractivity (Wildman–Crippen MR) is 77.4 cm³/mol. The molecule has 0 aromatic heterocycles. The molecule has 3 N–H and O–H groups in total. The van der Waals surface area contributed by atoms with E-state index in [1.807, 2.05) is 0 Å². The van der Waals surface area contributed by atoms with Gasteiger partial charge in [-0.3, -0.25) is 4.79 Å². The molecular weight excluding hydrogens is 288 g/mol. The molecule has 2 aromatic rings. The van der Waals surface area contributed by atoms with Crippen LogP contribution in [0.3, 0.4) is 0 Å². The standard InChI is InChI=1S/C16H12O6/c1-21-9-6-12(19)15-13(7-9)22-14(16(15)20)5-8-2-3-10(17)11(18)4-8/h2-7,17-19H,1H3. The van der Waals surface area contributed by atoms with Gasteiger partial charge in [0.25, 0.3) is 0 Å². The first-order valence-corrected chi connectivity index (χ1v) is 6.37. The second-order valence-corrected chi connectivity index (χ2v) is 4.71. The lowest BCUT2D eigenvalue weighted by atomic mass is 10.1. The maximum absolute atomic E-state index is 12.3. The first kappa shape index (κ1) is 13.8. The number of fused-ring (bicyclic) bond motifs is 1. The monoisotopic (exact) mass is 300 g/mol. The minimum Gasteiger partial charge on any atom is -0.507 e. The van der Waals surface area contributed by atoms with E-state index >= 15 is 0 Å². The zero-order valence-corrected chi connectivity index (χ0v) is 11.5. The summed E-state index contributed by atoms with van der Waals surface area (Å²) in [5.74, 6) is -0.681. The van der Waals surface area contributed by atoms with Crippen LogP contribution in [0.2, 0.25) is 0 Å². The van der Waals surface area contributed by atoms with Crippen LogP contribution in [-0.4, -0.2) is 28.2 Å². The van der Waals surface area contributed by atoms with Crippen molar-refractivity contribution in [1.82, 2.24) is 0 Å². The largest absolute Gasteiger partial charge is 0.507 e. The Morgan fingerprint density at radius 3 is 2.50 bits per heavy atom. The molecule has 0 saturated carbocycles. The molecule has 0 unspecified atom stereocenters. The molecule has 1 aliphatic rings. The smallest absolute Gasteiger partial charge is 0.235 e. The minimum absolute atomic E-state index is 0.00337. The van der Waals surface area contributed by atoms with Gasteiger partial charge >= 0.3 is 0 Å². The van der Waals surface area contributed by atoms with Gasteiger partial charge in [-0.25, -0.2) is 0 Å².